The Bertz CT molecular complexity index is 2470. The highest BCUT2D eigenvalue weighted by atomic mass is 32.2. The number of aryl methyl sites for hydroxylation is 2. The quantitative estimate of drug-likeness (QED) is 0.122. The molecule has 1 saturated heterocycles. The Labute approximate surface area is 333 Å². The van der Waals surface area contributed by atoms with Gasteiger partial charge in [0, 0.05) is 35.9 Å². The lowest BCUT2D eigenvalue weighted by atomic mass is 10.0. The van der Waals surface area contributed by atoms with Gasteiger partial charge in [-0.1, -0.05) is 39.3 Å². The Morgan fingerprint density at radius 1 is 0.930 bits per heavy atom. The molecule has 5 aromatic rings. The maximum absolute atomic E-state index is 13.4. The fourth-order valence-corrected chi connectivity index (χ4v) is 9.01. The first kappa shape index (κ1) is 41.4. The number of rotatable bonds is 7. The number of aromatic nitrogens is 4. The van der Waals surface area contributed by atoms with E-state index in [9.17, 15) is 27.5 Å². The number of hydrogen-bond donors (Lipinski definition) is 2. The van der Waals surface area contributed by atoms with Crippen LogP contribution in [0.15, 0.2) is 55.0 Å². The second-order valence-corrected chi connectivity index (χ2v) is 23.0. The van der Waals surface area contributed by atoms with Crippen LogP contribution in [0.2, 0.25) is 18.1 Å². The predicted octanol–water partition coefficient (Wildman–Crippen LogP) is 7.63. The molecule has 57 heavy (non-hydrogen) atoms. The summed E-state index contributed by atoms with van der Waals surface area (Å²) in [6, 6.07) is 9.61. The molecule has 1 saturated carbocycles. The number of amides is 1. The molecule has 1 aliphatic carbocycles. The van der Waals surface area contributed by atoms with Crippen LogP contribution in [-0.4, -0.2) is 73.1 Å². The fourth-order valence-electron chi connectivity index (χ4n) is 6.40. The van der Waals surface area contributed by atoms with E-state index in [0.29, 0.717) is 42.3 Å². The zero-order chi connectivity index (χ0) is 41.5. The first-order valence-electron chi connectivity index (χ1n) is 18.9. The Kier molecular flexibility index (Phi) is 11.3. The number of nitrogens with one attached hydrogen (secondary N) is 1. The molecule has 0 unspecified atom stereocenters. The summed E-state index contributed by atoms with van der Waals surface area (Å²) in [5.74, 6) is -1.41. The van der Waals surface area contributed by atoms with E-state index < -0.39 is 41.5 Å². The third-order valence-electron chi connectivity index (χ3n) is 10.8. The number of sulfonamides is 1. The third kappa shape index (κ3) is 8.56. The third-order valence-corrected chi connectivity index (χ3v) is 17.0. The summed E-state index contributed by atoms with van der Waals surface area (Å²) in [6.07, 6.45) is 8.26. The van der Waals surface area contributed by atoms with Crippen molar-refractivity contribution in [1.82, 2.24) is 25.3 Å². The summed E-state index contributed by atoms with van der Waals surface area (Å²) in [5, 5.41) is 15.1. The number of hydrogen-bond acceptors (Lipinski definition) is 11. The van der Waals surface area contributed by atoms with Crippen molar-refractivity contribution in [2.24, 2.45) is 0 Å². The molecule has 2 N–H and O–H groups in total. The normalized spacial score (nSPS) is 16.3. The minimum Gasteiger partial charge on any atom is -0.540 e. The molecule has 13 nitrogen and oxygen atoms in total. The predicted molar refractivity (Wildman–Crippen MR) is 219 cm³/mol. The molecule has 5 heterocycles. The van der Waals surface area contributed by atoms with Crippen molar-refractivity contribution in [3.63, 3.8) is 0 Å². The summed E-state index contributed by atoms with van der Waals surface area (Å²) in [7, 11) is -4.46. The Morgan fingerprint density at radius 2 is 1.58 bits per heavy atom. The molecule has 0 bridgehead atoms. The SMILES string of the molecule is COC(=O)c1ncc2cc(C)cnc2c1O[Si](C)(C)C(C)(C)C.Cc1cnc2c(O)c(C(=O)NC3(c4ccc(F)cc4)CC3)nc(N3CCCCCS3(=O)=O)c2c1. The lowest BCUT2D eigenvalue weighted by molar-refractivity contribution is 0.0591. The van der Waals surface area contributed by atoms with Gasteiger partial charge in [-0.15, -0.1) is 0 Å². The average molecular weight is 817 g/mol. The van der Waals surface area contributed by atoms with Gasteiger partial charge in [0.05, 0.1) is 18.4 Å². The van der Waals surface area contributed by atoms with E-state index in [-0.39, 0.29) is 45.9 Å². The van der Waals surface area contributed by atoms with E-state index in [0.717, 1.165) is 28.5 Å². The molecular weight excluding hydrogens is 768 g/mol. The number of nitrogens with zero attached hydrogens (tertiary/aromatic N) is 5. The number of esters is 1. The van der Waals surface area contributed by atoms with Crippen LogP contribution in [0, 0.1) is 19.7 Å². The number of benzene rings is 1. The minimum absolute atomic E-state index is 0.00670. The van der Waals surface area contributed by atoms with Crippen molar-refractivity contribution in [3.05, 3.63) is 88.9 Å². The molecule has 0 spiro atoms. The monoisotopic (exact) mass is 816 g/mol. The van der Waals surface area contributed by atoms with E-state index in [1.165, 1.54) is 23.5 Å². The van der Waals surface area contributed by atoms with Crippen LogP contribution in [0.5, 0.6) is 11.5 Å². The van der Waals surface area contributed by atoms with Crippen LogP contribution in [0.4, 0.5) is 10.2 Å². The number of halogens is 1. The van der Waals surface area contributed by atoms with Crippen LogP contribution in [0.1, 0.15) is 90.5 Å². The molecule has 1 aromatic carbocycles. The van der Waals surface area contributed by atoms with Gasteiger partial charge in [-0.25, -0.2) is 27.6 Å². The van der Waals surface area contributed by atoms with E-state index in [1.54, 1.807) is 36.8 Å². The highest BCUT2D eigenvalue weighted by Crippen LogP contribution is 2.46. The largest absolute Gasteiger partial charge is 0.540 e. The summed E-state index contributed by atoms with van der Waals surface area (Å²) >= 11 is 0. The molecule has 0 radical (unpaired) electrons. The maximum atomic E-state index is 13.4. The van der Waals surface area contributed by atoms with Gasteiger partial charge >= 0.3 is 5.97 Å². The van der Waals surface area contributed by atoms with E-state index in [2.05, 4.69) is 59.1 Å². The standard InChI is InChI=1S/C24H25FN4O4S.C17H24N2O3Si/c1-15-13-18-19(26-14-15)21(30)20(27-22(18)29-11-3-2-4-12-34(29,32)33)23(31)28-24(9-10-24)16-5-7-17(25)8-6-16;1-11-8-12-10-19-14(16(20)21-5)15(13(12)18-9-11)22-23(6,7)17(2,3)4/h5-8,13-14,30H,2-4,9-12H2,1H3,(H,28,31);8-10H,1-7H3. The Morgan fingerprint density at radius 3 is 2.21 bits per heavy atom. The number of carbonyl (C=O) groups is 2. The van der Waals surface area contributed by atoms with Crippen molar-refractivity contribution in [3.8, 4) is 11.5 Å². The summed E-state index contributed by atoms with van der Waals surface area (Å²) < 4.78 is 51.9. The second kappa shape index (κ2) is 15.6. The van der Waals surface area contributed by atoms with E-state index >= 15 is 0 Å². The molecular formula is C41H49FN6O7SSi. The lowest BCUT2D eigenvalue weighted by Crippen LogP contribution is -2.44. The van der Waals surface area contributed by atoms with Crippen LogP contribution in [-0.2, 0) is 20.3 Å². The summed E-state index contributed by atoms with van der Waals surface area (Å²) in [4.78, 5) is 42.9. The smallest absolute Gasteiger partial charge is 0.360 e. The molecule has 2 aliphatic rings. The van der Waals surface area contributed by atoms with Crippen LogP contribution in [0.3, 0.4) is 0 Å². The van der Waals surface area contributed by atoms with Gasteiger partial charge in [0.25, 0.3) is 14.2 Å². The van der Waals surface area contributed by atoms with Crippen LogP contribution in [0.25, 0.3) is 21.8 Å². The van der Waals surface area contributed by atoms with Gasteiger partial charge in [-0.3, -0.25) is 19.1 Å². The molecule has 16 heteroatoms. The minimum atomic E-state index is -3.65. The number of ether oxygens (including phenoxy) is 1. The van der Waals surface area contributed by atoms with Crippen molar-refractivity contribution in [2.75, 3.05) is 23.7 Å². The van der Waals surface area contributed by atoms with Gasteiger partial charge in [0.2, 0.25) is 10.0 Å². The molecule has 7 rings (SSSR count). The highest BCUT2D eigenvalue weighted by Gasteiger charge is 2.46. The maximum Gasteiger partial charge on any atom is 0.360 e. The zero-order valence-electron chi connectivity index (χ0n) is 33.6. The number of methoxy groups -OCH3 is 1. The Balaban J connectivity index is 0.000000209. The van der Waals surface area contributed by atoms with Gasteiger partial charge in [-0.2, -0.15) is 0 Å². The number of aromatic hydroxyl groups is 1. The molecule has 1 amide bonds. The van der Waals surface area contributed by atoms with Crippen LogP contribution < -0.4 is 14.0 Å². The first-order chi connectivity index (χ1) is 26.8. The topological polar surface area (TPSA) is 174 Å². The number of pyridine rings is 4. The highest BCUT2D eigenvalue weighted by molar-refractivity contribution is 7.92. The van der Waals surface area contributed by atoms with E-state index in [4.69, 9.17) is 9.16 Å². The summed E-state index contributed by atoms with van der Waals surface area (Å²) in [6.45, 7) is 14.7. The van der Waals surface area contributed by atoms with Crippen molar-refractivity contribution < 1.29 is 36.7 Å². The molecule has 0 atom stereocenters. The van der Waals surface area contributed by atoms with Crippen molar-refractivity contribution in [2.45, 2.75) is 90.4 Å². The van der Waals surface area contributed by atoms with Crippen molar-refractivity contribution in [1.29, 1.82) is 0 Å². The molecule has 4 aromatic heterocycles. The van der Waals surface area contributed by atoms with Gasteiger partial charge < -0.3 is 19.6 Å². The molecule has 302 valence electrons. The van der Waals surface area contributed by atoms with Gasteiger partial charge in [0.15, 0.2) is 28.7 Å². The fraction of sp³-hybridized carbons (Fsp3) is 0.415. The second-order valence-electron chi connectivity index (χ2n) is 16.3. The number of carbonyl (C=O) groups excluding carboxylic acids is 2. The number of fused-ring (bicyclic) bond motifs is 2. The van der Waals surface area contributed by atoms with Crippen LogP contribution >= 0.6 is 0 Å². The molecule has 2 fully saturated rings. The first-order valence-corrected chi connectivity index (χ1v) is 23.4. The Hall–Kier alpha value is -5.22. The van der Waals surface area contributed by atoms with E-state index in [1.807, 2.05) is 19.9 Å². The lowest BCUT2D eigenvalue weighted by Gasteiger charge is -2.36. The van der Waals surface area contributed by atoms with Gasteiger partial charge in [0.1, 0.15) is 16.9 Å². The summed E-state index contributed by atoms with van der Waals surface area (Å²) in [5.41, 5.74) is 2.54. The van der Waals surface area contributed by atoms with Crippen molar-refractivity contribution >= 4 is 57.8 Å². The molecule has 1 aliphatic heterocycles. The number of anilines is 1. The van der Waals surface area contributed by atoms with Gasteiger partial charge in [-0.05, 0) is 98.6 Å². The average Bonchev–Trinajstić information content (AvgIpc) is 3.95. The zero-order valence-corrected chi connectivity index (χ0v) is 35.4.